The molecule has 0 aromatic heterocycles. The molecule has 1 heterocycles. The van der Waals surface area contributed by atoms with Crippen LogP contribution in [0.3, 0.4) is 0 Å². The zero-order valence-corrected chi connectivity index (χ0v) is 10.8. The predicted molar refractivity (Wildman–Crippen MR) is 65.2 cm³/mol. The highest BCUT2D eigenvalue weighted by Gasteiger charge is 2.40. The lowest BCUT2D eigenvalue weighted by Crippen LogP contribution is -2.28. The van der Waals surface area contributed by atoms with E-state index in [2.05, 4.69) is 19.1 Å². The molecular weight excluding hydrogens is 200 g/mol. The van der Waals surface area contributed by atoms with E-state index in [0.717, 1.165) is 5.92 Å². The summed E-state index contributed by atoms with van der Waals surface area (Å²) in [5.41, 5.74) is -0.221. The maximum absolute atomic E-state index is 5.92. The molecule has 2 heteroatoms. The molecule has 1 aliphatic heterocycles. The summed E-state index contributed by atoms with van der Waals surface area (Å²) >= 11 is 0. The average Bonchev–Trinajstić information content (AvgIpc) is 2.53. The molecular formula is C14H24O2. The second-order valence-corrected chi connectivity index (χ2v) is 5.86. The molecule has 1 aliphatic carbocycles. The zero-order valence-electron chi connectivity index (χ0n) is 10.8. The highest BCUT2D eigenvalue weighted by molar-refractivity contribution is 5.05. The highest BCUT2D eigenvalue weighted by atomic mass is 16.7. The first-order chi connectivity index (χ1) is 7.49. The minimum absolute atomic E-state index is 0.221. The number of allylic oxidation sites excluding steroid dienone is 1. The summed E-state index contributed by atoms with van der Waals surface area (Å²) in [5.74, 6) is 0.337. The van der Waals surface area contributed by atoms with Crippen molar-refractivity contribution in [1.29, 1.82) is 0 Å². The lowest BCUT2D eigenvalue weighted by molar-refractivity contribution is -0.148. The second-order valence-electron chi connectivity index (χ2n) is 5.86. The van der Waals surface area contributed by atoms with Crippen molar-refractivity contribution in [2.24, 2.45) is 5.92 Å². The van der Waals surface area contributed by atoms with Crippen LogP contribution in [-0.4, -0.2) is 18.0 Å². The Morgan fingerprint density at radius 2 is 1.75 bits per heavy atom. The second kappa shape index (κ2) is 4.50. The van der Waals surface area contributed by atoms with Gasteiger partial charge in [-0.3, -0.25) is 0 Å². The SMILES string of the molecule is CC1(/C=C/C2CCCCC2)COC(C)(C)O1. The standard InChI is InChI=1S/C14H24O2/c1-13(2)15-11-14(3,16-13)10-9-12-7-5-4-6-8-12/h9-10,12H,4-8,11H2,1-3H3/b10-9+. The third kappa shape index (κ3) is 3.08. The van der Waals surface area contributed by atoms with Crippen LogP contribution in [0.4, 0.5) is 0 Å². The van der Waals surface area contributed by atoms with Gasteiger partial charge in [-0.2, -0.15) is 0 Å². The summed E-state index contributed by atoms with van der Waals surface area (Å²) in [6.07, 6.45) is 11.4. The van der Waals surface area contributed by atoms with Gasteiger partial charge in [-0.05, 0) is 39.5 Å². The van der Waals surface area contributed by atoms with Crippen LogP contribution < -0.4 is 0 Å². The Bertz CT molecular complexity index is 264. The first-order valence-electron chi connectivity index (χ1n) is 6.53. The fourth-order valence-corrected chi connectivity index (χ4v) is 2.69. The van der Waals surface area contributed by atoms with Crippen molar-refractivity contribution in [3.63, 3.8) is 0 Å². The molecule has 2 aliphatic rings. The molecule has 0 bridgehead atoms. The summed E-state index contributed by atoms with van der Waals surface area (Å²) in [4.78, 5) is 0. The first kappa shape index (κ1) is 12.1. The van der Waals surface area contributed by atoms with Gasteiger partial charge in [0.1, 0.15) is 5.60 Å². The van der Waals surface area contributed by atoms with Gasteiger partial charge < -0.3 is 9.47 Å². The average molecular weight is 224 g/mol. The Kier molecular flexibility index (Phi) is 3.41. The van der Waals surface area contributed by atoms with E-state index in [4.69, 9.17) is 9.47 Å². The van der Waals surface area contributed by atoms with Crippen LogP contribution in [0.2, 0.25) is 0 Å². The lowest BCUT2D eigenvalue weighted by atomic mass is 9.88. The quantitative estimate of drug-likeness (QED) is 0.666. The third-order valence-electron chi connectivity index (χ3n) is 3.56. The van der Waals surface area contributed by atoms with E-state index in [0.29, 0.717) is 6.61 Å². The summed E-state index contributed by atoms with van der Waals surface area (Å²) in [6, 6.07) is 0. The Balaban J connectivity index is 1.90. The lowest BCUT2D eigenvalue weighted by Gasteiger charge is -2.23. The molecule has 0 N–H and O–H groups in total. The van der Waals surface area contributed by atoms with E-state index >= 15 is 0 Å². The molecule has 0 radical (unpaired) electrons. The van der Waals surface area contributed by atoms with Crippen molar-refractivity contribution in [2.45, 2.75) is 64.3 Å². The zero-order chi connectivity index (χ0) is 11.6. The van der Waals surface area contributed by atoms with Crippen LogP contribution >= 0.6 is 0 Å². The summed E-state index contributed by atoms with van der Waals surface area (Å²) < 4.78 is 11.5. The Morgan fingerprint density at radius 1 is 1.06 bits per heavy atom. The maximum atomic E-state index is 5.92. The van der Waals surface area contributed by atoms with Crippen LogP contribution in [0.5, 0.6) is 0 Å². The first-order valence-corrected chi connectivity index (χ1v) is 6.53. The van der Waals surface area contributed by atoms with Gasteiger partial charge in [0.25, 0.3) is 0 Å². The molecule has 0 spiro atoms. The summed E-state index contributed by atoms with van der Waals surface area (Å²) in [5, 5.41) is 0. The Hall–Kier alpha value is -0.340. The Labute approximate surface area is 99.0 Å². The molecule has 1 unspecified atom stereocenters. The van der Waals surface area contributed by atoms with Gasteiger partial charge in [0, 0.05) is 0 Å². The van der Waals surface area contributed by atoms with Crippen LogP contribution in [0.15, 0.2) is 12.2 Å². The van der Waals surface area contributed by atoms with E-state index in [-0.39, 0.29) is 5.60 Å². The molecule has 1 saturated heterocycles. The van der Waals surface area contributed by atoms with Crippen molar-refractivity contribution >= 4 is 0 Å². The number of hydrogen-bond donors (Lipinski definition) is 0. The topological polar surface area (TPSA) is 18.5 Å². The van der Waals surface area contributed by atoms with Crippen molar-refractivity contribution in [3.05, 3.63) is 12.2 Å². The van der Waals surface area contributed by atoms with E-state index in [1.54, 1.807) is 0 Å². The van der Waals surface area contributed by atoms with E-state index < -0.39 is 5.79 Å². The normalized spacial score (nSPS) is 35.9. The fourth-order valence-electron chi connectivity index (χ4n) is 2.69. The van der Waals surface area contributed by atoms with Crippen molar-refractivity contribution in [3.8, 4) is 0 Å². The van der Waals surface area contributed by atoms with Gasteiger partial charge in [-0.25, -0.2) is 0 Å². The highest BCUT2D eigenvalue weighted by Crippen LogP contribution is 2.33. The molecule has 1 atom stereocenters. The minimum atomic E-state index is -0.425. The van der Waals surface area contributed by atoms with Gasteiger partial charge in [0.15, 0.2) is 5.79 Å². The van der Waals surface area contributed by atoms with Crippen molar-refractivity contribution in [1.82, 2.24) is 0 Å². The fraction of sp³-hybridized carbons (Fsp3) is 0.857. The smallest absolute Gasteiger partial charge is 0.164 e. The molecule has 16 heavy (non-hydrogen) atoms. The molecule has 92 valence electrons. The molecule has 0 amide bonds. The molecule has 0 aromatic rings. The monoisotopic (exact) mass is 224 g/mol. The number of ether oxygens (including phenoxy) is 2. The molecule has 0 aromatic carbocycles. The maximum Gasteiger partial charge on any atom is 0.164 e. The van der Waals surface area contributed by atoms with Crippen LogP contribution in [0, 0.1) is 5.92 Å². The van der Waals surface area contributed by atoms with Gasteiger partial charge in [-0.1, -0.05) is 31.4 Å². The number of rotatable bonds is 2. The third-order valence-corrected chi connectivity index (χ3v) is 3.56. The van der Waals surface area contributed by atoms with Gasteiger partial charge in [0.2, 0.25) is 0 Å². The van der Waals surface area contributed by atoms with E-state index in [1.165, 1.54) is 32.1 Å². The van der Waals surface area contributed by atoms with Gasteiger partial charge in [-0.15, -0.1) is 0 Å². The van der Waals surface area contributed by atoms with Crippen LogP contribution in [0.1, 0.15) is 52.9 Å². The number of hydrogen-bond acceptors (Lipinski definition) is 2. The van der Waals surface area contributed by atoms with Crippen LogP contribution in [0.25, 0.3) is 0 Å². The largest absolute Gasteiger partial charge is 0.347 e. The summed E-state index contributed by atoms with van der Waals surface area (Å²) in [7, 11) is 0. The molecule has 2 nitrogen and oxygen atoms in total. The van der Waals surface area contributed by atoms with Gasteiger partial charge >= 0.3 is 0 Å². The van der Waals surface area contributed by atoms with E-state index in [1.807, 2.05) is 13.8 Å². The molecule has 2 rings (SSSR count). The van der Waals surface area contributed by atoms with Crippen molar-refractivity contribution in [2.75, 3.05) is 6.61 Å². The van der Waals surface area contributed by atoms with E-state index in [9.17, 15) is 0 Å². The van der Waals surface area contributed by atoms with Gasteiger partial charge in [0.05, 0.1) is 6.61 Å². The minimum Gasteiger partial charge on any atom is -0.347 e. The van der Waals surface area contributed by atoms with Crippen molar-refractivity contribution < 1.29 is 9.47 Å². The summed E-state index contributed by atoms with van der Waals surface area (Å²) in [6.45, 7) is 6.74. The predicted octanol–water partition coefficient (Wildman–Crippen LogP) is 3.66. The molecule has 2 fully saturated rings. The Morgan fingerprint density at radius 3 is 2.31 bits per heavy atom. The molecule has 1 saturated carbocycles. The van der Waals surface area contributed by atoms with Crippen LogP contribution in [-0.2, 0) is 9.47 Å².